The minimum atomic E-state index is 0.319. The summed E-state index contributed by atoms with van der Waals surface area (Å²) in [5, 5.41) is 3.18. The van der Waals surface area contributed by atoms with Gasteiger partial charge in [0.25, 0.3) is 0 Å². The first-order valence-electron chi connectivity index (χ1n) is 3.35. The van der Waals surface area contributed by atoms with Crippen LogP contribution in [0.5, 0.6) is 0 Å². The molecule has 3 nitrogen and oxygen atoms in total. The van der Waals surface area contributed by atoms with Crippen molar-refractivity contribution >= 4 is 0 Å². The molecule has 0 unspecified atom stereocenters. The molecule has 0 aromatic heterocycles. The van der Waals surface area contributed by atoms with Crippen LogP contribution in [-0.2, 0) is 0 Å². The van der Waals surface area contributed by atoms with E-state index < -0.39 is 0 Å². The Kier molecular flexibility index (Phi) is 2.05. The molecule has 1 heterocycles. The molecule has 54 valence electrons. The van der Waals surface area contributed by atoms with Crippen molar-refractivity contribution in [3.63, 3.8) is 0 Å². The number of rotatable bonds is 1. The first-order chi connectivity index (χ1) is 4.24. The molecule has 0 saturated carbocycles. The Balaban J connectivity index is 2.38. The molecule has 1 fully saturated rings. The van der Waals surface area contributed by atoms with E-state index in [0.717, 1.165) is 13.1 Å². The molecule has 3 N–H and O–H groups in total. The molecule has 0 spiro atoms. The molecule has 1 aliphatic rings. The van der Waals surface area contributed by atoms with Crippen LogP contribution in [0.4, 0.5) is 0 Å². The Morgan fingerprint density at radius 2 is 2.22 bits per heavy atom. The first kappa shape index (κ1) is 6.99. The number of nitrogens with one attached hydrogen (secondary N) is 1. The summed E-state index contributed by atoms with van der Waals surface area (Å²) in [5.74, 6) is 0. The van der Waals surface area contributed by atoms with Gasteiger partial charge in [-0.3, -0.25) is 0 Å². The SMILES string of the molecule is CN[C@H]1CN(C)C[C@@H]1N. The molecule has 1 saturated heterocycles. The summed E-state index contributed by atoms with van der Waals surface area (Å²) in [6.45, 7) is 2.10. The Morgan fingerprint density at radius 1 is 1.56 bits per heavy atom. The van der Waals surface area contributed by atoms with E-state index in [1.165, 1.54) is 0 Å². The summed E-state index contributed by atoms with van der Waals surface area (Å²) >= 11 is 0. The normalized spacial score (nSPS) is 37.7. The van der Waals surface area contributed by atoms with E-state index >= 15 is 0 Å². The number of likely N-dealkylation sites (N-methyl/N-ethyl adjacent to an activating group) is 2. The lowest BCUT2D eigenvalue weighted by atomic mass is 10.2. The molecular weight excluding hydrogens is 114 g/mol. The molecule has 0 aromatic rings. The average molecular weight is 129 g/mol. The molecule has 2 atom stereocenters. The standard InChI is InChI=1S/C6H15N3/c1-8-6-4-9(2)3-5(6)7/h5-6,8H,3-4,7H2,1-2H3/t5-,6-/m0/s1. The predicted molar refractivity (Wildman–Crippen MR) is 38.3 cm³/mol. The minimum Gasteiger partial charge on any atom is -0.325 e. The second-order valence-corrected chi connectivity index (χ2v) is 2.78. The van der Waals surface area contributed by atoms with E-state index in [2.05, 4.69) is 17.3 Å². The van der Waals surface area contributed by atoms with Crippen LogP contribution >= 0.6 is 0 Å². The van der Waals surface area contributed by atoms with Crippen molar-refractivity contribution in [3.8, 4) is 0 Å². The number of hydrogen-bond donors (Lipinski definition) is 2. The minimum absolute atomic E-state index is 0.319. The first-order valence-corrected chi connectivity index (χ1v) is 3.35. The van der Waals surface area contributed by atoms with Crippen molar-refractivity contribution < 1.29 is 0 Å². The monoisotopic (exact) mass is 129 g/mol. The molecule has 0 bridgehead atoms. The zero-order valence-electron chi connectivity index (χ0n) is 6.09. The van der Waals surface area contributed by atoms with Crippen LogP contribution in [0.3, 0.4) is 0 Å². The maximum atomic E-state index is 5.78. The Hall–Kier alpha value is -0.120. The van der Waals surface area contributed by atoms with Gasteiger partial charge in [-0.05, 0) is 14.1 Å². The Morgan fingerprint density at radius 3 is 2.44 bits per heavy atom. The second-order valence-electron chi connectivity index (χ2n) is 2.78. The molecule has 0 aliphatic carbocycles. The fourth-order valence-electron chi connectivity index (χ4n) is 1.34. The van der Waals surface area contributed by atoms with E-state index in [-0.39, 0.29) is 0 Å². The zero-order chi connectivity index (χ0) is 6.85. The highest BCUT2D eigenvalue weighted by atomic mass is 15.2. The fraction of sp³-hybridized carbons (Fsp3) is 1.00. The molecular formula is C6H15N3. The fourth-order valence-corrected chi connectivity index (χ4v) is 1.34. The lowest BCUT2D eigenvalue weighted by molar-refractivity contribution is 0.402. The summed E-state index contributed by atoms with van der Waals surface area (Å²) in [6, 6.07) is 0.815. The Bertz CT molecular complexity index is 94.3. The third-order valence-corrected chi connectivity index (χ3v) is 1.92. The van der Waals surface area contributed by atoms with E-state index in [1.54, 1.807) is 0 Å². The zero-order valence-corrected chi connectivity index (χ0v) is 6.09. The summed E-state index contributed by atoms with van der Waals surface area (Å²) in [4.78, 5) is 2.24. The number of hydrogen-bond acceptors (Lipinski definition) is 3. The van der Waals surface area contributed by atoms with Crippen LogP contribution in [0.15, 0.2) is 0 Å². The third kappa shape index (κ3) is 1.41. The summed E-state index contributed by atoms with van der Waals surface area (Å²) in [6.07, 6.45) is 0. The number of nitrogens with zero attached hydrogens (tertiary/aromatic N) is 1. The molecule has 0 amide bonds. The topological polar surface area (TPSA) is 41.3 Å². The maximum Gasteiger partial charge on any atom is 0.0357 e. The van der Waals surface area contributed by atoms with Gasteiger partial charge in [-0.2, -0.15) is 0 Å². The van der Waals surface area contributed by atoms with Crippen molar-refractivity contribution in [3.05, 3.63) is 0 Å². The van der Waals surface area contributed by atoms with Crippen molar-refractivity contribution in [1.82, 2.24) is 10.2 Å². The van der Waals surface area contributed by atoms with Gasteiger partial charge in [0.1, 0.15) is 0 Å². The van der Waals surface area contributed by atoms with Gasteiger partial charge in [-0.25, -0.2) is 0 Å². The highest BCUT2D eigenvalue weighted by molar-refractivity contribution is 4.89. The summed E-state index contributed by atoms with van der Waals surface area (Å²) in [5.41, 5.74) is 5.78. The van der Waals surface area contributed by atoms with E-state index in [4.69, 9.17) is 5.73 Å². The summed E-state index contributed by atoms with van der Waals surface area (Å²) in [7, 11) is 4.06. The third-order valence-electron chi connectivity index (χ3n) is 1.92. The van der Waals surface area contributed by atoms with Gasteiger partial charge >= 0.3 is 0 Å². The van der Waals surface area contributed by atoms with Crippen molar-refractivity contribution in [2.45, 2.75) is 12.1 Å². The van der Waals surface area contributed by atoms with Crippen LogP contribution in [0.25, 0.3) is 0 Å². The molecule has 0 aromatic carbocycles. The van der Waals surface area contributed by atoms with Crippen molar-refractivity contribution in [2.24, 2.45) is 5.73 Å². The largest absolute Gasteiger partial charge is 0.325 e. The molecule has 3 heteroatoms. The number of nitrogens with two attached hydrogens (primary N) is 1. The van der Waals surface area contributed by atoms with Gasteiger partial charge < -0.3 is 16.0 Å². The lowest BCUT2D eigenvalue weighted by Gasteiger charge is -2.11. The van der Waals surface area contributed by atoms with Gasteiger partial charge in [0, 0.05) is 25.2 Å². The maximum absolute atomic E-state index is 5.78. The molecule has 9 heavy (non-hydrogen) atoms. The quantitative estimate of drug-likeness (QED) is 0.469. The van der Waals surface area contributed by atoms with Crippen molar-refractivity contribution in [1.29, 1.82) is 0 Å². The van der Waals surface area contributed by atoms with E-state index in [0.29, 0.717) is 12.1 Å². The van der Waals surface area contributed by atoms with E-state index in [1.807, 2.05) is 7.05 Å². The second kappa shape index (κ2) is 2.64. The van der Waals surface area contributed by atoms with Gasteiger partial charge in [0.15, 0.2) is 0 Å². The smallest absolute Gasteiger partial charge is 0.0357 e. The molecule has 1 aliphatic heterocycles. The summed E-state index contributed by atoms with van der Waals surface area (Å²) < 4.78 is 0. The molecule has 0 radical (unpaired) electrons. The van der Waals surface area contributed by atoms with E-state index in [9.17, 15) is 0 Å². The van der Waals surface area contributed by atoms with Gasteiger partial charge in [-0.15, -0.1) is 0 Å². The lowest BCUT2D eigenvalue weighted by Crippen LogP contribution is -2.41. The van der Waals surface area contributed by atoms with Gasteiger partial charge in [-0.1, -0.05) is 0 Å². The highest BCUT2D eigenvalue weighted by Crippen LogP contribution is 2.03. The van der Waals surface area contributed by atoms with Crippen LogP contribution in [-0.4, -0.2) is 44.2 Å². The van der Waals surface area contributed by atoms with Crippen molar-refractivity contribution in [2.75, 3.05) is 27.2 Å². The Labute approximate surface area is 56.2 Å². The van der Waals surface area contributed by atoms with Crippen LogP contribution in [0, 0.1) is 0 Å². The van der Waals surface area contributed by atoms with Crippen LogP contribution < -0.4 is 11.1 Å². The highest BCUT2D eigenvalue weighted by Gasteiger charge is 2.25. The molecule has 1 rings (SSSR count). The average Bonchev–Trinajstić information content (AvgIpc) is 2.10. The van der Waals surface area contributed by atoms with Crippen LogP contribution in [0.1, 0.15) is 0 Å². The van der Waals surface area contributed by atoms with Gasteiger partial charge in [0.05, 0.1) is 0 Å². The number of likely N-dealkylation sites (tertiary alicyclic amines) is 1. The van der Waals surface area contributed by atoms with Gasteiger partial charge in [0.2, 0.25) is 0 Å². The predicted octanol–water partition coefficient (Wildman–Crippen LogP) is -1.15. The van der Waals surface area contributed by atoms with Crippen LogP contribution in [0.2, 0.25) is 0 Å².